The molecule has 2 aromatic heterocycles. The molecule has 2 aromatic rings. The summed E-state index contributed by atoms with van der Waals surface area (Å²) in [6.07, 6.45) is 2.83. The molecule has 2 N–H and O–H groups in total. The van der Waals surface area contributed by atoms with E-state index < -0.39 is 5.91 Å². The van der Waals surface area contributed by atoms with E-state index in [1.165, 1.54) is 28.7 Å². The second kappa shape index (κ2) is 4.30. The van der Waals surface area contributed by atoms with Gasteiger partial charge < -0.3 is 5.32 Å². The van der Waals surface area contributed by atoms with Crippen LogP contribution in [0.5, 0.6) is 0 Å². The number of carbonyl (C=O) groups excluding carboxylic acids is 1. The van der Waals surface area contributed by atoms with E-state index in [9.17, 15) is 9.59 Å². The second-order valence-corrected chi connectivity index (χ2v) is 4.75. The number of nitrogens with zero attached hydrogens (tertiary/aromatic N) is 3. The number of hydrogen-bond donors (Lipinski definition) is 2. The number of fused-ring (bicyclic) bond motifs is 1. The predicted octanol–water partition coefficient (Wildman–Crippen LogP) is 0.324. The van der Waals surface area contributed by atoms with Crippen LogP contribution in [0.4, 0.5) is 5.82 Å². The maximum absolute atomic E-state index is 12.1. The Morgan fingerprint density at radius 3 is 3.22 bits per heavy atom. The first-order chi connectivity index (χ1) is 8.75. The molecule has 0 radical (unpaired) electrons. The molecule has 0 fully saturated rings. The van der Waals surface area contributed by atoms with Gasteiger partial charge in [0.1, 0.15) is 11.4 Å². The van der Waals surface area contributed by atoms with E-state index in [1.54, 1.807) is 6.07 Å². The first-order valence-corrected chi connectivity index (χ1v) is 6.27. The highest BCUT2D eigenvalue weighted by Gasteiger charge is 2.20. The van der Waals surface area contributed by atoms with Gasteiger partial charge in [-0.15, -0.1) is 0 Å². The van der Waals surface area contributed by atoms with Gasteiger partial charge in [0, 0.05) is 24.6 Å². The monoisotopic (exact) mass is 263 g/mol. The van der Waals surface area contributed by atoms with Gasteiger partial charge in [0.15, 0.2) is 5.16 Å². The van der Waals surface area contributed by atoms with Gasteiger partial charge in [-0.05, 0) is 0 Å². The Morgan fingerprint density at radius 2 is 2.44 bits per heavy atom. The summed E-state index contributed by atoms with van der Waals surface area (Å²) in [4.78, 5) is 28.1. The van der Waals surface area contributed by atoms with Gasteiger partial charge in [0.05, 0.1) is 6.20 Å². The second-order valence-electron chi connectivity index (χ2n) is 3.68. The number of hydrogen-bond acceptors (Lipinski definition) is 5. The van der Waals surface area contributed by atoms with Crippen molar-refractivity contribution in [3.05, 3.63) is 34.4 Å². The minimum atomic E-state index is -0.482. The summed E-state index contributed by atoms with van der Waals surface area (Å²) < 4.78 is 1.52. The van der Waals surface area contributed by atoms with E-state index in [4.69, 9.17) is 0 Å². The molecule has 7 nitrogen and oxygen atoms in total. The van der Waals surface area contributed by atoms with E-state index >= 15 is 0 Å². The Hall–Kier alpha value is -2.09. The van der Waals surface area contributed by atoms with Crippen LogP contribution in [-0.4, -0.2) is 31.4 Å². The molecule has 1 amide bonds. The first kappa shape index (κ1) is 11.0. The maximum atomic E-state index is 12.1. The van der Waals surface area contributed by atoms with Crippen LogP contribution >= 0.6 is 11.8 Å². The van der Waals surface area contributed by atoms with E-state index in [1.807, 2.05) is 0 Å². The van der Waals surface area contributed by atoms with Crippen molar-refractivity contribution in [1.29, 1.82) is 0 Å². The van der Waals surface area contributed by atoms with Crippen LogP contribution in [0.25, 0.3) is 0 Å². The Morgan fingerprint density at radius 1 is 1.56 bits per heavy atom. The van der Waals surface area contributed by atoms with E-state index in [0.717, 1.165) is 5.75 Å². The zero-order valence-electron chi connectivity index (χ0n) is 9.21. The molecule has 0 saturated carbocycles. The number of carbonyl (C=O) groups is 1. The molecule has 3 rings (SSSR count). The SMILES string of the molecule is O=C(Nc1ccn[nH]1)c1cnc2n(c1=O)CCS2. The molecule has 8 heteroatoms. The van der Waals surface area contributed by atoms with Crippen molar-refractivity contribution in [2.24, 2.45) is 0 Å². The highest BCUT2D eigenvalue weighted by atomic mass is 32.2. The van der Waals surface area contributed by atoms with Crippen molar-refractivity contribution < 1.29 is 4.79 Å². The molecule has 1 aliphatic rings. The molecule has 0 atom stereocenters. The van der Waals surface area contributed by atoms with Crippen LogP contribution < -0.4 is 10.9 Å². The number of anilines is 1. The third kappa shape index (κ3) is 1.80. The van der Waals surface area contributed by atoms with Crippen molar-refractivity contribution >= 4 is 23.5 Å². The maximum Gasteiger partial charge on any atom is 0.267 e. The lowest BCUT2D eigenvalue weighted by molar-refractivity contribution is 0.102. The van der Waals surface area contributed by atoms with Crippen LogP contribution in [0.1, 0.15) is 10.4 Å². The first-order valence-electron chi connectivity index (χ1n) is 5.29. The molecule has 0 aliphatic carbocycles. The number of H-pyrrole nitrogens is 1. The Balaban J connectivity index is 1.93. The van der Waals surface area contributed by atoms with Gasteiger partial charge in [-0.2, -0.15) is 5.10 Å². The molecule has 1 aliphatic heterocycles. The molecule has 0 bridgehead atoms. The fourth-order valence-electron chi connectivity index (χ4n) is 1.69. The fourth-order valence-corrected chi connectivity index (χ4v) is 2.60. The van der Waals surface area contributed by atoms with Crippen molar-refractivity contribution in [3.63, 3.8) is 0 Å². The lowest BCUT2D eigenvalue weighted by Crippen LogP contribution is -2.29. The van der Waals surface area contributed by atoms with Gasteiger partial charge in [-0.1, -0.05) is 11.8 Å². The van der Waals surface area contributed by atoms with Crippen LogP contribution in [0.3, 0.4) is 0 Å². The normalized spacial score (nSPS) is 13.3. The number of aromatic amines is 1. The molecule has 92 valence electrons. The average molecular weight is 263 g/mol. The lowest BCUT2D eigenvalue weighted by atomic mass is 10.3. The molecule has 0 spiro atoms. The highest BCUT2D eigenvalue weighted by molar-refractivity contribution is 7.99. The van der Waals surface area contributed by atoms with Crippen molar-refractivity contribution in [3.8, 4) is 0 Å². The van der Waals surface area contributed by atoms with Gasteiger partial charge >= 0.3 is 0 Å². The van der Waals surface area contributed by atoms with Gasteiger partial charge in [-0.25, -0.2) is 4.98 Å². The lowest BCUT2D eigenvalue weighted by Gasteiger charge is -2.04. The zero-order chi connectivity index (χ0) is 12.5. The molecular weight excluding hydrogens is 254 g/mol. The number of aromatic nitrogens is 4. The molecule has 18 heavy (non-hydrogen) atoms. The van der Waals surface area contributed by atoms with Crippen molar-refractivity contribution in [1.82, 2.24) is 19.7 Å². The molecule has 0 aromatic carbocycles. The summed E-state index contributed by atoms with van der Waals surface area (Å²) >= 11 is 1.51. The number of nitrogens with one attached hydrogen (secondary N) is 2. The van der Waals surface area contributed by atoms with E-state index in [-0.39, 0.29) is 11.1 Å². The smallest absolute Gasteiger partial charge is 0.267 e. The molecule has 3 heterocycles. The third-order valence-corrected chi connectivity index (χ3v) is 3.52. The third-order valence-electron chi connectivity index (χ3n) is 2.55. The fraction of sp³-hybridized carbons (Fsp3) is 0.200. The zero-order valence-corrected chi connectivity index (χ0v) is 10.0. The van der Waals surface area contributed by atoms with Gasteiger partial charge in [-0.3, -0.25) is 19.3 Å². The van der Waals surface area contributed by atoms with Gasteiger partial charge in [0.25, 0.3) is 11.5 Å². The van der Waals surface area contributed by atoms with Crippen molar-refractivity contribution in [2.45, 2.75) is 11.7 Å². The Bertz CT molecular complexity index is 649. The summed E-state index contributed by atoms with van der Waals surface area (Å²) in [5.74, 6) is 0.775. The number of amides is 1. The van der Waals surface area contributed by atoms with E-state index in [2.05, 4.69) is 20.5 Å². The summed E-state index contributed by atoms with van der Waals surface area (Å²) in [6.45, 7) is 0.594. The molecular formula is C10H9N5O2S. The standard InChI is InChI=1S/C10H9N5O2S/c16-8(13-7-1-2-12-14-7)6-5-11-10-15(9(6)17)3-4-18-10/h1-2,5H,3-4H2,(H2,12,13,14,16). The average Bonchev–Trinajstić information content (AvgIpc) is 2.99. The summed E-state index contributed by atoms with van der Waals surface area (Å²) in [5.41, 5.74) is -0.266. The van der Waals surface area contributed by atoms with Crippen LogP contribution in [-0.2, 0) is 6.54 Å². The van der Waals surface area contributed by atoms with Crippen LogP contribution in [0.15, 0.2) is 28.4 Å². The van der Waals surface area contributed by atoms with Crippen molar-refractivity contribution in [2.75, 3.05) is 11.1 Å². The molecule has 0 unspecified atom stereocenters. The highest BCUT2D eigenvalue weighted by Crippen LogP contribution is 2.20. The summed E-state index contributed by atoms with van der Waals surface area (Å²) in [5, 5.41) is 9.52. The quantitative estimate of drug-likeness (QED) is 0.761. The van der Waals surface area contributed by atoms with Crippen LogP contribution in [0.2, 0.25) is 0 Å². The summed E-state index contributed by atoms with van der Waals surface area (Å²) in [6, 6.07) is 1.60. The Labute approximate surface area is 106 Å². The largest absolute Gasteiger partial charge is 0.307 e. The number of rotatable bonds is 2. The van der Waals surface area contributed by atoms with Crippen LogP contribution in [0, 0.1) is 0 Å². The minimum absolute atomic E-state index is 0.0378. The topological polar surface area (TPSA) is 92.7 Å². The minimum Gasteiger partial charge on any atom is -0.307 e. The van der Waals surface area contributed by atoms with E-state index in [0.29, 0.717) is 17.5 Å². The van der Waals surface area contributed by atoms with Gasteiger partial charge in [0.2, 0.25) is 0 Å². The number of thioether (sulfide) groups is 1. The Kier molecular flexibility index (Phi) is 2.63. The molecule has 0 saturated heterocycles. The predicted molar refractivity (Wildman–Crippen MR) is 65.8 cm³/mol. The summed E-state index contributed by atoms with van der Waals surface area (Å²) in [7, 11) is 0.